The normalized spacial score (nSPS) is 23.9. The van der Waals surface area contributed by atoms with Crippen LogP contribution >= 0.6 is 0 Å². The molecule has 5 aliphatic rings. The van der Waals surface area contributed by atoms with Gasteiger partial charge >= 0.3 is 0 Å². The molecular weight excluding hydrogens is 620 g/mol. The minimum Gasteiger partial charge on any atom is -0.378 e. The number of anilines is 3. The van der Waals surface area contributed by atoms with Crippen LogP contribution in [0.25, 0.3) is 5.57 Å². The molecule has 12 heteroatoms. The highest BCUT2D eigenvalue weighted by atomic mass is 16.5. The number of aldehydes is 1. The van der Waals surface area contributed by atoms with Crippen LogP contribution in [0, 0.1) is 5.41 Å². The van der Waals surface area contributed by atoms with Crippen LogP contribution in [0.3, 0.4) is 0 Å². The van der Waals surface area contributed by atoms with Crippen molar-refractivity contribution in [1.29, 1.82) is 0 Å². The summed E-state index contributed by atoms with van der Waals surface area (Å²) >= 11 is 0. The molecule has 8 rings (SSSR count). The summed E-state index contributed by atoms with van der Waals surface area (Å²) in [7, 11) is 1.78. The van der Waals surface area contributed by atoms with Crippen molar-refractivity contribution in [2.75, 3.05) is 61.6 Å². The first-order chi connectivity index (χ1) is 23.6. The Morgan fingerprint density at radius 3 is 2.63 bits per heavy atom. The molecule has 0 radical (unpaired) electrons. The molecule has 12 nitrogen and oxygen atoms in total. The van der Waals surface area contributed by atoms with E-state index in [1.165, 1.54) is 11.3 Å². The van der Waals surface area contributed by atoms with Crippen LogP contribution in [-0.2, 0) is 24.1 Å². The Bertz CT molecular complexity index is 1860. The summed E-state index contributed by atoms with van der Waals surface area (Å²) in [5.74, 6) is 0.800. The van der Waals surface area contributed by atoms with E-state index in [0.717, 1.165) is 57.7 Å². The standard InChI is InChI=1S/C37H44N8O4/c1-23-18-42(27-21-49-22-27)9-10-43(23)26-5-6-33(39-17-26)40-30-13-25(19-41(4)35(30)47)28-7-8-38-34(29(28)20-46)45-12-11-44-31(36(45)48)14-24-15-37(2,3)16-32(24)44/h5-8,13-14,17,19-20,23,27,35,47H,9-12,15-16,18,21-22H2,1-4H3,(H,39,40)/t23-,35?/m1/s1. The average molecular weight is 665 g/mol. The maximum Gasteiger partial charge on any atom is 0.276 e. The maximum absolute atomic E-state index is 13.8. The molecule has 2 saturated heterocycles. The summed E-state index contributed by atoms with van der Waals surface area (Å²) in [4.78, 5) is 44.0. The number of ether oxygens (including phenoxy) is 1. The van der Waals surface area contributed by atoms with Gasteiger partial charge < -0.3 is 29.5 Å². The number of allylic oxidation sites excluding steroid dienone is 2. The number of fused-ring (bicyclic) bond motifs is 3. The van der Waals surface area contributed by atoms with Gasteiger partial charge in [0.1, 0.15) is 17.3 Å². The van der Waals surface area contributed by atoms with E-state index in [1.807, 2.05) is 24.4 Å². The number of likely N-dealkylation sites (N-methyl/N-ethyl adjacent to an activating group) is 1. The number of piperazine rings is 1. The lowest BCUT2D eigenvalue weighted by Gasteiger charge is -2.46. The number of carbonyl (C=O) groups is 2. The smallest absolute Gasteiger partial charge is 0.276 e. The molecule has 2 N–H and O–H groups in total. The minimum absolute atomic E-state index is 0.145. The lowest BCUT2D eigenvalue weighted by Crippen LogP contribution is -2.59. The summed E-state index contributed by atoms with van der Waals surface area (Å²) in [5.41, 5.74) is 6.58. The van der Waals surface area contributed by atoms with E-state index in [9.17, 15) is 14.7 Å². The van der Waals surface area contributed by atoms with Gasteiger partial charge in [0, 0.05) is 69.5 Å². The van der Waals surface area contributed by atoms with Gasteiger partial charge in [-0.3, -0.25) is 19.4 Å². The number of nitrogens with one attached hydrogen (secondary N) is 1. The van der Waals surface area contributed by atoms with Crippen LogP contribution < -0.4 is 15.1 Å². The summed E-state index contributed by atoms with van der Waals surface area (Å²) < 4.78 is 7.55. The van der Waals surface area contributed by atoms with E-state index in [4.69, 9.17) is 9.72 Å². The van der Waals surface area contributed by atoms with E-state index in [0.29, 0.717) is 64.9 Å². The van der Waals surface area contributed by atoms with Crippen LogP contribution in [0.2, 0.25) is 0 Å². The van der Waals surface area contributed by atoms with Gasteiger partial charge in [-0.25, -0.2) is 9.97 Å². The van der Waals surface area contributed by atoms with Gasteiger partial charge in [-0.05, 0) is 66.6 Å². The Morgan fingerprint density at radius 1 is 1.08 bits per heavy atom. The highest BCUT2D eigenvalue weighted by molar-refractivity contribution is 6.08. The summed E-state index contributed by atoms with van der Waals surface area (Å²) in [6.07, 6.45) is 8.86. The predicted octanol–water partition coefficient (Wildman–Crippen LogP) is 3.39. The fourth-order valence-corrected chi connectivity index (χ4v) is 8.11. The molecule has 49 heavy (non-hydrogen) atoms. The lowest BCUT2D eigenvalue weighted by atomic mass is 9.90. The average Bonchev–Trinajstić information content (AvgIpc) is 3.55. The molecule has 0 spiro atoms. The van der Waals surface area contributed by atoms with Gasteiger partial charge in [0.2, 0.25) is 0 Å². The molecule has 2 fully saturated rings. The summed E-state index contributed by atoms with van der Waals surface area (Å²) in [5, 5.41) is 14.4. The number of nitrogens with zero attached hydrogens (tertiary/aromatic N) is 7. The number of rotatable bonds is 7. The van der Waals surface area contributed by atoms with Gasteiger partial charge in [0.05, 0.1) is 42.4 Å². The van der Waals surface area contributed by atoms with Crippen molar-refractivity contribution in [3.8, 4) is 0 Å². The van der Waals surface area contributed by atoms with E-state index in [-0.39, 0.29) is 11.3 Å². The van der Waals surface area contributed by atoms with Gasteiger partial charge in [-0.15, -0.1) is 0 Å². The molecule has 3 aromatic rings. The molecule has 4 aliphatic heterocycles. The Morgan fingerprint density at radius 2 is 1.92 bits per heavy atom. The van der Waals surface area contributed by atoms with Crippen LogP contribution in [0.4, 0.5) is 17.3 Å². The molecular formula is C37H44N8O4. The second-order valence-electron chi connectivity index (χ2n) is 14.8. The van der Waals surface area contributed by atoms with E-state index < -0.39 is 6.23 Å². The number of aliphatic hydroxyl groups excluding tert-OH is 1. The van der Waals surface area contributed by atoms with E-state index in [1.54, 1.807) is 35.3 Å². The van der Waals surface area contributed by atoms with E-state index >= 15 is 0 Å². The molecule has 256 valence electrons. The minimum atomic E-state index is -0.946. The first kappa shape index (κ1) is 31.7. The van der Waals surface area contributed by atoms with Crippen molar-refractivity contribution in [1.82, 2.24) is 24.3 Å². The maximum atomic E-state index is 13.8. The largest absolute Gasteiger partial charge is 0.378 e. The number of aromatic nitrogens is 3. The second-order valence-corrected chi connectivity index (χ2v) is 14.8. The fraction of sp³-hybridized carbons (Fsp3) is 0.459. The van der Waals surface area contributed by atoms with Crippen molar-refractivity contribution >= 4 is 35.1 Å². The van der Waals surface area contributed by atoms with Gasteiger partial charge in [-0.1, -0.05) is 13.8 Å². The molecule has 0 saturated carbocycles. The van der Waals surface area contributed by atoms with Crippen molar-refractivity contribution in [3.05, 3.63) is 82.7 Å². The fourth-order valence-electron chi connectivity index (χ4n) is 8.11. The quantitative estimate of drug-likeness (QED) is 0.364. The molecule has 1 aliphatic carbocycles. The zero-order valence-corrected chi connectivity index (χ0v) is 28.6. The number of amides is 1. The third-order valence-electron chi connectivity index (χ3n) is 10.7. The molecule has 1 amide bonds. The van der Waals surface area contributed by atoms with Crippen LogP contribution in [0.15, 0.2) is 54.6 Å². The molecule has 1 unspecified atom stereocenters. The third-order valence-corrected chi connectivity index (χ3v) is 10.7. The Balaban J connectivity index is 1.02. The third kappa shape index (κ3) is 5.61. The first-order valence-corrected chi connectivity index (χ1v) is 17.2. The molecule has 3 aromatic heterocycles. The molecule has 2 atom stereocenters. The van der Waals surface area contributed by atoms with Crippen molar-refractivity contribution < 1.29 is 19.4 Å². The van der Waals surface area contributed by atoms with Gasteiger partial charge in [0.15, 0.2) is 12.5 Å². The van der Waals surface area contributed by atoms with Gasteiger partial charge in [0.25, 0.3) is 5.91 Å². The Kier molecular flexibility index (Phi) is 7.84. The van der Waals surface area contributed by atoms with Crippen LogP contribution in [0.5, 0.6) is 0 Å². The molecule has 7 heterocycles. The van der Waals surface area contributed by atoms with Crippen LogP contribution in [0.1, 0.15) is 58.4 Å². The highest BCUT2D eigenvalue weighted by Crippen LogP contribution is 2.40. The van der Waals surface area contributed by atoms with Crippen LogP contribution in [-0.4, -0.2) is 106 Å². The molecule has 0 bridgehead atoms. The number of pyridine rings is 2. The number of hydrogen-bond donors (Lipinski definition) is 2. The number of carbonyl (C=O) groups excluding carboxylic acids is 2. The van der Waals surface area contributed by atoms with Crippen molar-refractivity contribution in [3.63, 3.8) is 0 Å². The zero-order chi connectivity index (χ0) is 34.0. The number of aliphatic hydroxyl groups is 1. The monoisotopic (exact) mass is 664 g/mol. The summed E-state index contributed by atoms with van der Waals surface area (Å²) in [6.45, 7) is 12.4. The summed E-state index contributed by atoms with van der Waals surface area (Å²) in [6, 6.07) is 8.68. The van der Waals surface area contributed by atoms with Gasteiger partial charge in [-0.2, -0.15) is 0 Å². The van der Waals surface area contributed by atoms with E-state index in [2.05, 4.69) is 51.5 Å². The number of hydrogen-bond acceptors (Lipinski definition) is 10. The zero-order valence-electron chi connectivity index (χ0n) is 28.6. The second kappa shape index (κ2) is 12.1. The van der Waals surface area contributed by atoms with Crippen molar-refractivity contribution in [2.24, 2.45) is 5.41 Å². The topological polar surface area (TPSA) is 119 Å². The van der Waals surface area contributed by atoms with Crippen molar-refractivity contribution in [2.45, 2.75) is 58.5 Å². The Hall–Kier alpha value is -4.52. The Labute approximate surface area is 286 Å². The first-order valence-electron chi connectivity index (χ1n) is 17.2. The highest BCUT2D eigenvalue weighted by Gasteiger charge is 2.38. The predicted molar refractivity (Wildman–Crippen MR) is 188 cm³/mol. The lowest BCUT2D eigenvalue weighted by molar-refractivity contribution is -0.0691. The molecule has 0 aromatic carbocycles. The SMILES string of the molecule is C[C@@H]1CN(C2COC2)CCN1c1ccc(NC2=CC(c3ccnc(N4CCn5c(cc6c5CC(C)(C)C6)C4=O)c3C=O)=CN(C)C2O)nc1.